The largest absolute Gasteiger partial charge is 0.330 e. The molecule has 0 spiro atoms. The fourth-order valence-corrected chi connectivity index (χ4v) is 3.11. The Morgan fingerprint density at radius 2 is 1.94 bits per heavy atom. The van der Waals surface area contributed by atoms with Gasteiger partial charge in [-0.25, -0.2) is 4.98 Å². The lowest BCUT2D eigenvalue weighted by molar-refractivity contribution is 0.780. The lowest BCUT2D eigenvalue weighted by Gasteiger charge is -2.04. The van der Waals surface area contributed by atoms with Crippen LogP contribution in [0, 0.1) is 6.92 Å². The first-order valence-corrected chi connectivity index (χ1v) is 7.24. The maximum Gasteiger partial charge on any atom is 0.123 e. The Balaban J connectivity index is 2.33. The van der Waals surface area contributed by atoms with Crippen LogP contribution >= 0.6 is 11.3 Å². The lowest BCUT2D eigenvalue weighted by atomic mass is 10.1. The summed E-state index contributed by atoms with van der Waals surface area (Å²) in [7, 11) is 0. The Bertz CT molecular complexity index is 514. The molecule has 0 saturated carbocycles. The number of aryl methyl sites for hydroxylation is 2. The van der Waals surface area contributed by atoms with Crippen LogP contribution in [0.15, 0.2) is 24.3 Å². The van der Waals surface area contributed by atoms with Gasteiger partial charge in [-0.15, -0.1) is 11.3 Å². The van der Waals surface area contributed by atoms with E-state index in [9.17, 15) is 0 Å². The zero-order valence-corrected chi connectivity index (χ0v) is 12.1. The second-order valence-corrected chi connectivity index (χ2v) is 5.69. The van der Waals surface area contributed by atoms with Crippen LogP contribution in [-0.4, -0.2) is 11.5 Å². The molecule has 2 nitrogen and oxygen atoms in total. The van der Waals surface area contributed by atoms with E-state index in [1.807, 2.05) is 0 Å². The number of rotatable bonds is 4. The Kier molecular flexibility index (Phi) is 4.15. The molecule has 1 heterocycles. The molecule has 0 aliphatic rings. The molecule has 0 bridgehead atoms. The molecule has 1 unspecified atom stereocenters. The first-order valence-electron chi connectivity index (χ1n) is 6.42. The number of benzene rings is 1. The van der Waals surface area contributed by atoms with Crippen molar-refractivity contribution in [3.05, 3.63) is 40.4 Å². The molecule has 1 aromatic carbocycles. The molecule has 0 aliphatic carbocycles. The van der Waals surface area contributed by atoms with Crippen molar-refractivity contribution in [3.63, 3.8) is 0 Å². The second-order valence-electron chi connectivity index (χ2n) is 4.66. The summed E-state index contributed by atoms with van der Waals surface area (Å²) < 4.78 is 0. The van der Waals surface area contributed by atoms with Crippen molar-refractivity contribution < 1.29 is 0 Å². The Morgan fingerprint density at radius 3 is 2.50 bits per heavy atom. The molecule has 0 fully saturated rings. The van der Waals surface area contributed by atoms with Gasteiger partial charge in [-0.05, 0) is 25.5 Å². The van der Waals surface area contributed by atoms with E-state index in [4.69, 9.17) is 5.73 Å². The molecular weight excluding hydrogens is 240 g/mol. The SMILES string of the molecule is CCc1ccc(-c2nc(C)c(C(C)CN)s2)cc1. The summed E-state index contributed by atoms with van der Waals surface area (Å²) in [4.78, 5) is 5.98. The highest BCUT2D eigenvalue weighted by Crippen LogP contribution is 2.32. The normalized spacial score (nSPS) is 12.7. The van der Waals surface area contributed by atoms with Crippen LogP contribution in [0.3, 0.4) is 0 Å². The number of nitrogens with two attached hydrogens (primary N) is 1. The Morgan fingerprint density at radius 1 is 1.28 bits per heavy atom. The van der Waals surface area contributed by atoms with Gasteiger partial charge in [0.25, 0.3) is 0 Å². The summed E-state index contributed by atoms with van der Waals surface area (Å²) in [5.41, 5.74) is 9.42. The van der Waals surface area contributed by atoms with Crippen LogP contribution in [0.2, 0.25) is 0 Å². The van der Waals surface area contributed by atoms with Crippen molar-refractivity contribution in [2.24, 2.45) is 5.73 Å². The van der Waals surface area contributed by atoms with Gasteiger partial charge in [0.1, 0.15) is 5.01 Å². The summed E-state index contributed by atoms with van der Waals surface area (Å²) in [6, 6.07) is 8.68. The lowest BCUT2D eigenvalue weighted by Crippen LogP contribution is -2.08. The minimum atomic E-state index is 0.395. The molecule has 2 aromatic rings. The van der Waals surface area contributed by atoms with E-state index in [0.717, 1.165) is 17.1 Å². The standard InChI is InChI=1S/C15H20N2S/c1-4-12-5-7-13(8-6-12)15-17-11(3)14(18-15)10(2)9-16/h5-8,10H,4,9,16H2,1-3H3. The molecule has 0 radical (unpaired) electrons. The van der Waals surface area contributed by atoms with Crippen molar-refractivity contribution in [2.75, 3.05) is 6.54 Å². The van der Waals surface area contributed by atoms with E-state index in [2.05, 4.69) is 50.0 Å². The predicted molar refractivity (Wildman–Crippen MR) is 79.1 cm³/mol. The zero-order chi connectivity index (χ0) is 13.1. The van der Waals surface area contributed by atoms with Gasteiger partial charge < -0.3 is 5.73 Å². The molecule has 2 rings (SSSR count). The van der Waals surface area contributed by atoms with E-state index in [-0.39, 0.29) is 0 Å². The first-order chi connectivity index (χ1) is 8.65. The van der Waals surface area contributed by atoms with E-state index < -0.39 is 0 Å². The maximum atomic E-state index is 5.74. The average molecular weight is 260 g/mol. The number of hydrogen-bond acceptors (Lipinski definition) is 3. The van der Waals surface area contributed by atoms with Crippen molar-refractivity contribution in [1.29, 1.82) is 0 Å². The summed E-state index contributed by atoms with van der Waals surface area (Å²) in [5.74, 6) is 0.395. The smallest absolute Gasteiger partial charge is 0.123 e. The molecular formula is C15H20N2S. The molecule has 0 saturated heterocycles. The fourth-order valence-electron chi connectivity index (χ4n) is 1.98. The van der Waals surface area contributed by atoms with Gasteiger partial charge in [0.2, 0.25) is 0 Å². The molecule has 0 aliphatic heterocycles. The van der Waals surface area contributed by atoms with E-state index >= 15 is 0 Å². The quantitative estimate of drug-likeness (QED) is 0.909. The molecule has 1 atom stereocenters. The maximum absolute atomic E-state index is 5.74. The number of hydrogen-bond donors (Lipinski definition) is 1. The van der Waals surface area contributed by atoms with E-state index in [1.54, 1.807) is 11.3 Å². The van der Waals surface area contributed by atoms with Crippen molar-refractivity contribution in [3.8, 4) is 10.6 Å². The van der Waals surface area contributed by atoms with Gasteiger partial charge in [0.15, 0.2) is 0 Å². The van der Waals surface area contributed by atoms with Gasteiger partial charge in [-0.2, -0.15) is 0 Å². The highest BCUT2D eigenvalue weighted by Gasteiger charge is 2.13. The van der Waals surface area contributed by atoms with Crippen LogP contribution in [0.5, 0.6) is 0 Å². The van der Waals surface area contributed by atoms with E-state index in [0.29, 0.717) is 12.5 Å². The molecule has 96 valence electrons. The summed E-state index contributed by atoms with van der Waals surface area (Å²) in [6.07, 6.45) is 1.08. The van der Waals surface area contributed by atoms with Gasteiger partial charge in [0.05, 0.1) is 5.69 Å². The van der Waals surface area contributed by atoms with Crippen LogP contribution in [0.4, 0.5) is 0 Å². The number of aromatic nitrogens is 1. The highest BCUT2D eigenvalue weighted by molar-refractivity contribution is 7.15. The average Bonchev–Trinajstić information content (AvgIpc) is 2.80. The van der Waals surface area contributed by atoms with Crippen LogP contribution in [-0.2, 0) is 6.42 Å². The Labute approximate surface area is 113 Å². The fraction of sp³-hybridized carbons (Fsp3) is 0.400. The highest BCUT2D eigenvalue weighted by atomic mass is 32.1. The van der Waals surface area contributed by atoms with Gasteiger partial charge in [-0.3, -0.25) is 0 Å². The summed E-state index contributed by atoms with van der Waals surface area (Å²) in [6.45, 7) is 7.08. The molecule has 18 heavy (non-hydrogen) atoms. The number of nitrogens with zero attached hydrogens (tertiary/aromatic N) is 1. The van der Waals surface area contributed by atoms with Gasteiger partial charge in [0, 0.05) is 16.4 Å². The van der Waals surface area contributed by atoms with Crippen LogP contribution in [0.25, 0.3) is 10.6 Å². The third-order valence-corrected chi connectivity index (χ3v) is 4.68. The third kappa shape index (κ3) is 2.62. The van der Waals surface area contributed by atoms with Crippen molar-refractivity contribution in [2.45, 2.75) is 33.1 Å². The summed E-state index contributed by atoms with van der Waals surface area (Å²) in [5, 5.41) is 1.10. The monoisotopic (exact) mass is 260 g/mol. The number of thiazole rings is 1. The predicted octanol–water partition coefficient (Wildman–Crippen LogP) is 3.74. The van der Waals surface area contributed by atoms with Crippen LogP contribution < -0.4 is 5.73 Å². The minimum Gasteiger partial charge on any atom is -0.330 e. The van der Waals surface area contributed by atoms with Crippen LogP contribution in [0.1, 0.15) is 35.9 Å². The third-order valence-electron chi connectivity index (χ3n) is 3.24. The van der Waals surface area contributed by atoms with Crippen molar-refractivity contribution >= 4 is 11.3 Å². The molecule has 2 N–H and O–H groups in total. The zero-order valence-electron chi connectivity index (χ0n) is 11.2. The Hall–Kier alpha value is -1.19. The molecule has 1 aromatic heterocycles. The molecule has 3 heteroatoms. The minimum absolute atomic E-state index is 0.395. The first kappa shape index (κ1) is 13.2. The van der Waals surface area contributed by atoms with Crippen molar-refractivity contribution in [1.82, 2.24) is 4.98 Å². The second kappa shape index (κ2) is 5.63. The van der Waals surface area contributed by atoms with Gasteiger partial charge >= 0.3 is 0 Å². The molecule has 0 amide bonds. The summed E-state index contributed by atoms with van der Waals surface area (Å²) >= 11 is 1.77. The van der Waals surface area contributed by atoms with E-state index in [1.165, 1.54) is 16.0 Å². The van der Waals surface area contributed by atoms with Gasteiger partial charge in [-0.1, -0.05) is 38.1 Å². The topological polar surface area (TPSA) is 38.9 Å².